The predicted octanol–water partition coefficient (Wildman–Crippen LogP) is 1.14. The fourth-order valence-corrected chi connectivity index (χ4v) is 2.43. The molecule has 0 radical (unpaired) electrons. The van der Waals surface area contributed by atoms with Crippen molar-refractivity contribution in [3.05, 3.63) is 23.5 Å². The lowest BCUT2D eigenvalue weighted by atomic mass is 10.1. The molecule has 1 aliphatic rings. The molecular formula is C14H11FN4O2. The van der Waals surface area contributed by atoms with Gasteiger partial charge in [0.25, 0.3) is 0 Å². The Balaban J connectivity index is 2.23. The summed E-state index contributed by atoms with van der Waals surface area (Å²) in [6.07, 6.45) is 5.56. The third-order valence-corrected chi connectivity index (χ3v) is 3.38. The van der Waals surface area contributed by atoms with Crippen molar-refractivity contribution in [3.63, 3.8) is 0 Å². The monoisotopic (exact) mass is 286 g/mol. The van der Waals surface area contributed by atoms with E-state index in [9.17, 15) is 14.0 Å². The predicted molar refractivity (Wildman–Crippen MR) is 74.1 cm³/mol. The lowest BCUT2D eigenvalue weighted by Crippen LogP contribution is -2.49. The van der Waals surface area contributed by atoms with Gasteiger partial charge in [0.1, 0.15) is 5.82 Å². The van der Waals surface area contributed by atoms with Crippen LogP contribution >= 0.6 is 0 Å². The fourth-order valence-electron chi connectivity index (χ4n) is 2.43. The lowest BCUT2D eigenvalue weighted by Gasteiger charge is -2.24. The van der Waals surface area contributed by atoms with Gasteiger partial charge < -0.3 is 0 Å². The van der Waals surface area contributed by atoms with Gasteiger partial charge in [0.05, 0.1) is 16.5 Å². The van der Waals surface area contributed by atoms with Gasteiger partial charge in [0.2, 0.25) is 5.91 Å². The molecule has 1 N–H and O–H groups in total. The number of benzene rings is 1. The molecule has 0 saturated carbocycles. The first kappa shape index (κ1) is 13.1. The van der Waals surface area contributed by atoms with Crippen molar-refractivity contribution in [3.8, 4) is 12.3 Å². The van der Waals surface area contributed by atoms with E-state index in [2.05, 4.69) is 16.3 Å². The number of terminal acetylenes is 1. The molecule has 0 bridgehead atoms. The fraction of sp³-hybridized carbons (Fsp3) is 0.214. The zero-order valence-electron chi connectivity index (χ0n) is 11.2. The van der Waals surface area contributed by atoms with Gasteiger partial charge in [-0.1, -0.05) is 5.92 Å². The van der Waals surface area contributed by atoms with E-state index in [1.54, 1.807) is 7.05 Å². The van der Waals surface area contributed by atoms with Gasteiger partial charge in [-0.3, -0.25) is 19.7 Å². The van der Waals surface area contributed by atoms with Crippen molar-refractivity contribution in [2.75, 3.05) is 11.4 Å². The molecule has 0 unspecified atom stereocenters. The van der Waals surface area contributed by atoms with Crippen molar-refractivity contribution < 1.29 is 14.0 Å². The minimum absolute atomic E-state index is 0.139. The van der Waals surface area contributed by atoms with Crippen molar-refractivity contribution in [1.29, 1.82) is 0 Å². The van der Waals surface area contributed by atoms with E-state index >= 15 is 0 Å². The van der Waals surface area contributed by atoms with Crippen molar-refractivity contribution >= 4 is 28.7 Å². The average molecular weight is 286 g/mol. The standard InChI is InChI=1S/C14H11FN4O2/c1-3-8-4-5-9(15)11-12(8)18(2)17-13(11)19-7-6-10(20)16-14(19)21/h1,4-5H,6-7H2,2H3,(H,16,20,21). The number of nitrogens with one attached hydrogen (secondary N) is 1. The molecule has 1 aliphatic heterocycles. The smallest absolute Gasteiger partial charge is 0.278 e. The first-order valence-electron chi connectivity index (χ1n) is 6.26. The second-order valence-corrected chi connectivity index (χ2v) is 4.67. The second kappa shape index (κ2) is 4.59. The summed E-state index contributed by atoms with van der Waals surface area (Å²) in [6, 6.07) is 2.12. The number of urea groups is 1. The second-order valence-electron chi connectivity index (χ2n) is 4.67. The number of fused-ring (bicyclic) bond motifs is 1. The number of hydrogen-bond donors (Lipinski definition) is 1. The number of nitrogens with zero attached hydrogens (tertiary/aromatic N) is 3. The molecule has 7 heteroatoms. The average Bonchev–Trinajstić information content (AvgIpc) is 2.78. The molecule has 3 rings (SSSR count). The van der Waals surface area contributed by atoms with Crippen LogP contribution in [0.3, 0.4) is 0 Å². The van der Waals surface area contributed by atoms with E-state index in [1.807, 2.05) is 0 Å². The Kier molecular flexibility index (Phi) is 2.87. The van der Waals surface area contributed by atoms with E-state index in [0.29, 0.717) is 11.1 Å². The Bertz CT molecular complexity index is 818. The number of rotatable bonds is 1. The molecule has 21 heavy (non-hydrogen) atoms. The SMILES string of the molecule is C#Cc1ccc(F)c2c(N3CCC(=O)NC3=O)nn(C)c12. The Morgan fingerprint density at radius 3 is 2.86 bits per heavy atom. The Morgan fingerprint density at radius 1 is 1.43 bits per heavy atom. The van der Waals surface area contributed by atoms with Crippen LogP contribution in [0.25, 0.3) is 10.9 Å². The van der Waals surface area contributed by atoms with Crippen LogP contribution in [0.15, 0.2) is 12.1 Å². The molecule has 1 saturated heterocycles. The quantitative estimate of drug-likeness (QED) is 0.799. The maximum absolute atomic E-state index is 14.2. The van der Waals surface area contributed by atoms with Crippen LogP contribution in [0.1, 0.15) is 12.0 Å². The number of anilines is 1. The van der Waals surface area contributed by atoms with Gasteiger partial charge in [-0.05, 0) is 12.1 Å². The van der Waals surface area contributed by atoms with Crippen LogP contribution in [0.4, 0.5) is 15.0 Å². The van der Waals surface area contributed by atoms with Crippen LogP contribution in [0.5, 0.6) is 0 Å². The van der Waals surface area contributed by atoms with E-state index in [4.69, 9.17) is 6.42 Å². The van der Waals surface area contributed by atoms with Crippen LogP contribution in [-0.4, -0.2) is 28.3 Å². The Labute approximate surface area is 119 Å². The summed E-state index contributed by atoms with van der Waals surface area (Å²) >= 11 is 0. The molecule has 0 aliphatic carbocycles. The largest absolute Gasteiger partial charge is 0.329 e. The highest BCUT2D eigenvalue weighted by Gasteiger charge is 2.29. The highest BCUT2D eigenvalue weighted by atomic mass is 19.1. The molecule has 1 aromatic carbocycles. The lowest BCUT2D eigenvalue weighted by molar-refractivity contribution is -0.120. The van der Waals surface area contributed by atoms with Crippen molar-refractivity contribution in [1.82, 2.24) is 15.1 Å². The number of aromatic nitrogens is 2. The molecule has 2 aromatic rings. The molecule has 1 fully saturated rings. The maximum Gasteiger partial charge on any atom is 0.329 e. The normalized spacial score (nSPS) is 15.2. The summed E-state index contributed by atoms with van der Waals surface area (Å²) in [6.45, 7) is 0.149. The van der Waals surface area contributed by atoms with Crippen LogP contribution < -0.4 is 10.2 Å². The summed E-state index contributed by atoms with van der Waals surface area (Å²) in [7, 11) is 1.62. The number of hydrogen-bond acceptors (Lipinski definition) is 3. The maximum atomic E-state index is 14.2. The molecular weight excluding hydrogens is 275 g/mol. The number of carbonyl (C=O) groups excluding carboxylic acids is 2. The molecule has 2 heterocycles. The van der Waals surface area contributed by atoms with Gasteiger partial charge in [-0.2, -0.15) is 5.10 Å². The zero-order valence-corrected chi connectivity index (χ0v) is 11.2. The summed E-state index contributed by atoms with van der Waals surface area (Å²) in [5, 5.41) is 6.56. The molecule has 106 valence electrons. The molecule has 6 nitrogen and oxygen atoms in total. The number of carbonyl (C=O) groups is 2. The van der Waals surface area contributed by atoms with Gasteiger partial charge >= 0.3 is 6.03 Å². The molecule has 0 atom stereocenters. The summed E-state index contributed by atoms with van der Waals surface area (Å²) in [5.74, 6) is 1.75. The minimum atomic E-state index is -0.614. The van der Waals surface area contributed by atoms with Crippen LogP contribution in [-0.2, 0) is 11.8 Å². The highest BCUT2D eigenvalue weighted by Crippen LogP contribution is 2.31. The van der Waals surface area contributed by atoms with Gasteiger partial charge in [0, 0.05) is 20.0 Å². The Hall–Kier alpha value is -2.88. The van der Waals surface area contributed by atoms with Gasteiger partial charge in [-0.25, -0.2) is 9.18 Å². The number of aryl methyl sites for hydroxylation is 1. The number of halogens is 1. The molecule has 3 amide bonds. The van der Waals surface area contributed by atoms with E-state index in [0.717, 1.165) is 0 Å². The number of amides is 3. The van der Waals surface area contributed by atoms with E-state index in [1.165, 1.54) is 21.7 Å². The minimum Gasteiger partial charge on any atom is -0.278 e. The van der Waals surface area contributed by atoms with E-state index in [-0.39, 0.29) is 30.1 Å². The van der Waals surface area contributed by atoms with Gasteiger partial charge in [-0.15, -0.1) is 6.42 Å². The topological polar surface area (TPSA) is 67.2 Å². The summed E-state index contributed by atoms with van der Waals surface area (Å²) < 4.78 is 15.6. The van der Waals surface area contributed by atoms with Gasteiger partial charge in [0.15, 0.2) is 5.82 Å². The van der Waals surface area contributed by atoms with Crippen LogP contribution in [0, 0.1) is 18.2 Å². The number of imide groups is 1. The summed E-state index contributed by atoms with van der Waals surface area (Å²) in [4.78, 5) is 24.4. The van der Waals surface area contributed by atoms with Crippen LogP contribution in [0.2, 0.25) is 0 Å². The van der Waals surface area contributed by atoms with Crippen molar-refractivity contribution in [2.24, 2.45) is 7.05 Å². The zero-order chi connectivity index (χ0) is 15.1. The highest BCUT2D eigenvalue weighted by molar-refractivity contribution is 6.09. The first-order chi connectivity index (χ1) is 10.0. The summed E-state index contributed by atoms with van der Waals surface area (Å²) in [5.41, 5.74) is 0.929. The third kappa shape index (κ3) is 1.92. The molecule has 1 aromatic heterocycles. The Morgan fingerprint density at radius 2 is 2.19 bits per heavy atom. The van der Waals surface area contributed by atoms with E-state index < -0.39 is 11.8 Å². The van der Waals surface area contributed by atoms with Crippen molar-refractivity contribution in [2.45, 2.75) is 6.42 Å². The molecule has 0 spiro atoms. The first-order valence-corrected chi connectivity index (χ1v) is 6.26. The third-order valence-electron chi connectivity index (χ3n) is 3.38.